The molecule has 0 spiro atoms. The molecular weight excluding hydrogens is 268 g/mol. The summed E-state index contributed by atoms with van der Waals surface area (Å²) >= 11 is 0. The minimum atomic E-state index is -1.16. The van der Waals surface area contributed by atoms with E-state index in [0.717, 1.165) is 10.5 Å². The van der Waals surface area contributed by atoms with Crippen LogP contribution in [0.3, 0.4) is 0 Å². The molecule has 0 saturated heterocycles. The van der Waals surface area contributed by atoms with E-state index in [-0.39, 0.29) is 0 Å². The predicted molar refractivity (Wildman–Crippen MR) is 79.6 cm³/mol. The van der Waals surface area contributed by atoms with Crippen LogP contribution >= 0.6 is 0 Å². The number of hydrogen-bond donors (Lipinski definition) is 0. The highest BCUT2D eigenvalue weighted by Gasteiger charge is 2.10. The molecule has 1 unspecified atom stereocenters. The van der Waals surface area contributed by atoms with Crippen molar-refractivity contribution in [2.75, 3.05) is 0 Å². The van der Waals surface area contributed by atoms with Crippen LogP contribution in [-0.4, -0.2) is 9.19 Å². The van der Waals surface area contributed by atoms with E-state index in [1.807, 2.05) is 30.3 Å². The standard InChI is InChI=1S/C16H16N2OS/c1-12(2)13-5-7-15(8-6-13)20(19)11-14-4-3-9-18-16(14)10-17/h3-9,12H,11H2,1-2H3. The maximum atomic E-state index is 12.3. The Labute approximate surface area is 121 Å². The van der Waals surface area contributed by atoms with Crippen molar-refractivity contribution in [1.82, 2.24) is 4.98 Å². The van der Waals surface area contributed by atoms with Gasteiger partial charge in [0.1, 0.15) is 11.8 Å². The third kappa shape index (κ3) is 3.31. The van der Waals surface area contributed by atoms with E-state index in [2.05, 4.69) is 18.8 Å². The van der Waals surface area contributed by atoms with Crippen molar-refractivity contribution in [3.05, 3.63) is 59.4 Å². The average molecular weight is 284 g/mol. The van der Waals surface area contributed by atoms with E-state index >= 15 is 0 Å². The Bertz CT molecular complexity index is 657. The Morgan fingerprint density at radius 3 is 2.55 bits per heavy atom. The molecule has 0 aliphatic rings. The van der Waals surface area contributed by atoms with Crippen molar-refractivity contribution in [2.45, 2.75) is 30.4 Å². The third-order valence-electron chi connectivity index (χ3n) is 3.09. The molecule has 2 rings (SSSR count). The van der Waals surface area contributed by atoms with E-state index in [1.54, 1.807) is 18.3 Å². The summed E-state index contributed by atoms with van der Waals surface area (Å²) in [5.74, 6) is 0.776. The molecule has 0 radical (unpaired) electrons. The van der Waals surface area contributed by atoms with Crippen LogP contribution in [0.25, 0.3) is 0 Å². The van der Waals surface area contributed by atoms with Gasteiger partial charge in [0.05, 0.1) is 16.6 Å². The van der Waals surface area contributed by atoms with Gasteiger partial charge in [-0.25, -0.2) is 4.98 Å². The van der Waals surface area contributed by atoms with Gasteiger partial charge in [-0.3, -0.25) is 4.21 Å². The Hall–Kier alpha value is -1.99. The quantitative estimate of drug-likeness (QED) is 0.864. The van der Waals surface area contributed by atoms with Crippen molar-refractivity contribution < 1.29 is 4.21 Å². The largest absolute Gasteiger partial charge is 0.254 e. The van der Waals surface area contributed by atoms with Crippen molar-refractivity contribution in [3.8, 4) is 6.07 Å². The van der Waals surface area contributed by atoms with Gasteiger partial charge in [-0.05, 0) is 29.7 Å². The molecule has 0 fully saturated rings. The molecular formula is C16H16N2OS. The number of pyridine rings is 1. The van der Waals surface area contributed by atoms with E-state index in [4.69, 9.17) is 5.26 Å². The number of nitriles is 1. The molecule has 3 nitrogen and oxygen atoms in total. The maximum Gasteiger partial charge on any atom is 0.144 e. The summed E-state index contributed by atoms with van der Waals surface area (Å²) in [6.07, 6.45) is 1.57. The van der Waals surface area contributed by atoms with Crippen LogP contribution in [0.4, 0.5) is 0 Å². The smallest absolute Gasteiger partial charge is 0.144 e. The van der Waals surface area contributed by atoms with Gasteiger partial charge in [0.2, 0.25) is 0 Å². The molecule has 0 aliphatic carbocycles. The fourth-order valence-electron chi connectivity index (χ4n) is 1.88. The van der Waals surface area contributed by atoms with Gasteiger partial charge in [-0.15, -0.1) is 0 Å². The first kappa shape index (κ1) is 14.4. The Kier molecular flexibility index (Phi) is 4.65. The van der Waals surface area contributed by atoms with Crippen LogP contribution in [0.5, 0.6) is 0 Å². The van der Waals surface area contributed by atoms with Gasteiger partial charge in [-0.1, -0.05) is 32.0 Å². The topological polar surface area (TPSA) is 53.8 Å². The zero-order valence-corrected chi connectivity index (χ0v) is 12.4. The Balaban J connectivity index is 2.18. The molecule has 20 heavy (non-hydrogen) atoms. The lowest BCUT2D eigenvalue weighted by Crippen LogP contribution is -2.00. The van der Waals surface area contributed by atoms with Gasteiger partial charge in [0.15, 0.2) is 0 Å². The van der Waals surface area contributed by atoms with Crippen LogP contribution in [0, 0.1) is 11.3 Å². The molecule has 1 heterocycles. The molecule has 1 aromatic heterocycles. The van der Waals surface area contributed by atoms with E-state index in [1.165, 1.54) is 5.56 Å². The molecule has 1 atom stereocenters. The normalized spacial score (nSPS) is 12.1. The SMILES string of the molecule is CC(C)c1ccc(S(=O)Cc2cccnc2C#N)cc1. The van der Waals surface area contributed by atoms with E-state index < -0.39 is 10.8 Å². The second kappa shape index (κ2) is 6.44. The molecule has 0 amide bonds. The zero-order valence-electron chi connectivity index (χ0n) is 11.5. The zero-order chi connectivity index (χ0) is 14.5. The number of rotatable bonds is 4. The highest BCUT2D eigenvalue weighted by Crippen LogP contribution is 2.18. The number of benzene rings is 1. The summed E-state index contributed by atoms with van der Waals surface area (Å²) in [4.78, 5) is 4.77. The van der Waals surface area contributed by atoms with Crippen LogP contribution in [0.15, 0.2) is 47.5 Å². The summed E-state index contributed by atoms with van der Waals surface area (Å²) < 4.78 is 12.3. The number of aromatic nitrogens is 1. The molecule has 0 aliphatic heterocycles. The number of hydrogen-bond acceptors (Lipinski definition) is 3. The Morgan fingerprint density at radius 1 is 1.25 bits per heavy atom. The second-order valence-corrected chi connectivity index (χ2v) is 6.29. The highest BCUT2D eigenvalue weighted by molar-refractivity contribution is 7.84. The lowest BCUT2D eigenvalue weighted by atomic mass is 10.0. The minimum absolute atomic E-state index is 0.317. The van der Waals surface area contributed by atoms with Gasteiger partial charge in [0, 0.05) is 16.7 Å². The third-order valence-corrected chi connectivity index (χ3v) is 4.46. The van der Waals surface area contributed by atoms with Crippen molar-refractivity contribution in [3.63, 3.8) is 0 Å². The molecule has 102 valence electrons. The summed E-state index contributed by atoms with van der Waals surface area (Å²) in [6, 6.07) is 13.4. The molecule has 2 aromatic rings. The second-order valence-electron chi connectivity index (χ2n) is 4.84. The van der Waals surface area contributed by atoms with Gasteiger partial charge in [-0.2, -0.15) is 5.26 Å². The van der Waals surface area contributed by atoms with E-state index in [0.29, 0.717) is 17.4 Å². The molecule has 0 bridgehead atoms. The maximum absolute atomic E-state index is 12.3. The van der Waals surface area contributed by atoms with Crippen LogP contribution < -0.4 is 0 Å². The van der Waals surface area contributed by atoms with Crippen LogP contribution in [0.2, 0.25) is 0 Å². The summed E-state index contributed by atoms with van der Waals surface area (Å²) in [5.41, 5.74) is 2.30. The molecule has 1 aromatic carbocycles. The van der Waals surface area contributed by atoms with Gasteiger partial charge in [0.25, 0.3) is 0 Å². The molecule has 0 N–H and O–H groups in total. The van der Waals surface area contributed by atoms with Gasteiger partial charge >= 0.3 is 0 Å². The summed E-state index contributed by atoms with van der Waals surface area (Å²) in [6.45, 7) is 4.25. The number of nitrogens with zero attached hydrogens (tertiary/aromatic N) is 2. The van der Waals surface area contributed by atoms with Crippen LogP contribution in [0.1, 0.15) is 36.6 Å². The lowest BCUT2D eigenvalue weighted by Gasteiger charge is -2.07. The monoisotopic (exact) mass is 284 g/mol. The average Bonchev–Trinajstić information content (AvgIpc) is 2.48. The summed E-state index contributed by atoms with van der Waals surface area (Å²) in [5, 5.41) is 8.99. The Morgan fingerprint density at radius 2 is 1.95 bits per heavy atom. The minimum Gasteiger partial charge on any atom is -0.254 e. The lowest BCUT2D eigenvalue weighted by molar-refractivity contribution is 0.682. The first-order valence-electron chi connectivity index (χ1n) is 6.44. The van der Waals surface area contributed by atoms with Crippen molar-refractivity contribution >= 4 is 10.8 Å². The van der Waals surface area contributed by atoms with Crippen molar-refractivity contribution in [2.24, 2.45) is 0 Å². The summed E-state index contributed by atoms with van der Waals surface area (Å²) in [7, 11) is -1.16. The van der Waals surface area contributed by atoms with E-state index in [9.17, 15) is 4.21 Å². The van der Waals surface area contributed by atoms with Gasteiger partial charge < -0.3 is 0 Å². The molecule has 4 heteroatoms. The van der Waals surface area contributed by atoms with Crippen molar-refractivity contribution in [1.29, 1.82) is 5.26 Å². The van der Waals surface area contributed by atoms with Crippen LogP contribution in [-0.2, 0) is 16.6 Å². The molecule has 0 saturated carbocycles. The predicted octanol–water partition coefficient (Wildman–Crippen LogP) is 3.38. The fraction of sp³-hybridized carbons (Fsp3) is 0.250. The first-order chi connectivity index (χ1) is 9.61. The fourth-order valence-corrected chi connectivity index (χ4v) is 3.01. The first-order valence-corrected chi connectivity index (χ1v) is 7.76. The highest BCUT2D eigenvalue weighted by atomic mass is 32.2.